The number of nitrogens with two attached hydrogens (primary N) is 1. The Hall–Kier alpha value is -1.36. The summed E-state index contributed by atoms with van der Waals surface area (Å²) in [4.78, 5) is 10.3. The molecule has 0 heterocycles. The highest BCUT2D eigenvalue weighted by Gasteiger charge is 2.08. The Morgan fingerprint density at radius 1 is 1.64 bits per heavy atom. The van der Waals surface area contributed by atoms with E-state index in [1.54, 1.807) is 6.92 Å². The number of hydrogen-bond acceptors (Lipinski definition) is 3. The van der Waals surface area contributed by atoms with E-state index in [2.05, 4.69) is 5.32 Å². The van der Waals surface area contributed by atoms with Gasteiger partial charge in [-0.25, -0.2) is 0 Å². The molecule has 14 heavy (non-hydrogen) atoms. The number of carboxylic acids is 1. The molecule has 1 atom stereocenters. The maximum Gasteiger partial charge on any atom is 0.320 e. The topological polar surface area (TPSA) is 99.2 Å². The molecular weight excluding hydrogens is 182 g/mol. The molecule has 0 aliphatic heterocycles. The zero-order valence-corrected chi connectivity index (χ0v) is 8.29. The minimum Gasteiger partial charge on any atom is -0.480 e. The fourth-order valence-electron chi connectivity index (χ4n) is 0.812. The molecule has 0 unspecified atom stereocenters. The summed E-state index contributed by atoms with van der Waals surface area (Å²) in [6, 6.07) is -0.780. The first-order valence-corrected chi connectivity index (χ1v) is 4.46. The molecule has 0 aromatic rings. The van der Waals surface area contributed by atoms with Crippen molar-refractivity contribution in [1.82, 2.24) is 5.32 Å². The van der Waals surface area contributed by atoms with Gasteiger partial charge in [-0.2, -0.15) is 0 Å². The number of hydrogen-bond donors (Lipinski definition) is 4. The highest BCUT2D eigenvalue weighted by molar-refractivity contribution is 5.76. The molecule has 5 heteroatoms. The van der Waals surface area contributed by atoms with Gasteiger partial charge in [-0.15, -0.1) is 0 Å². The summed E-state index contributed by atoms with van der Waals surface area (Å²) in [7, 11) is 0. The molecule has 0 rings (SSSR count). The first-order valence-electron chi connectivity index (χ1n) is 4.46. The highest BCUT2D eigenvalue weighted by atomic mass is 16.4. The number of rotatable bonds is 6. The Labute approximate surface area is 83.5 Å². The largest absolute Gasteiger partial charge is 0.480 e. The van der Waals surface area contributed by atoms with E-state index in [4.69, 9.17) is 16.2 Å². The van der Waals surface area contributed by atoms with Crippen molar-refractivity contribution in [1.29, 1.82) is 5.41 Å². The zero-order chi connectivity index (χ0) is 11.0. The molecule has 0 spiro atoms. The lowest BCUT2D eigenvalue weighted by Gasteiger charge is -2.02. The molecule has 0 radical (unpaired) electrons. The van der Waals surface area contributed by atoms with Crippen molar-refractivity contribution < 1.29 is 9.90 Å². The zero-order valence-electron chi connectivity index (χ0n) is 8.29. The Morgan fingerprint density at radius 3 is 2.79 bits per heavy atom. The van der Waals surface area contributed by atoms with Crippen LogP contribution in [0.3, 0.4) is 0 Å². The molecule has 0 aromatic heterocycles. The summed E-state index contributed by atoms with van der Waals surface area (Å²) in [6.45, 7) is 2.26. The van der Waals surface area contributed by atoms with Crippen molar-refractivity contribution in [3.8, 4) is 0 Å². The van der Waals surface area contributed by atoms with Crippen LogP contribution >= 0.6 is 0 Å². The smallest absolute Gasteiger partial charge is 0.320 e. The molecular formula is C9H17N3O2. The lowest BCUT2D eigenvalue weighted by atomic mass is 10.1. The minimum atomic E-state index is -0.966. The molecule has 5 N–H and O–H groups in total. The van der Waals surface area contributed by atoms with Gasteiger partial charge in [0.25, 0.3) is 0 Å². The average Bonchev–Trinajstić information content (AvgIpc) is 2.09. The molecule has 80 valence electrons. The van der Waals surface area contributed by atoms with Gasteiger partial charge in [0.1, 0.15) is 6.04 Å². The van der Waals surface area contributed by atoms with Crippen LogP contribution in [0.25, 0.3) is 0 Å². The number of allylic oxidation sites excluding steroid dienone is 1. The van der Waals surface area contributed by atoms with Gasteiger partial charge in [0.2, 0.25) is 0 Å². The predicted octanol–water partition coefficient (Wildman–Crippen LogP) is 0.321. The Morgan fingerprint density at radius 2 is 2.29 bits per heavy atom. The lowest BCUT2D eigenvalue weighted by Crippen LogP contribution is -2.29. The third kappa shape index (κ3) is 7.30. The maximum atomic E-state index is 10.3. The normalized spacial score (nSPS) is 12.7. The van der Waals surface area contributed by atoms with Gasteiger partial charge in [-0.05, 0) is 19.8 Å². The van der Waals surface area contributed by atoms with Gasteiger partial charge in [-0.1, -0.05) is 12.2 Å². The minimum absolute atomic E-state index is 0.414. The van der Waals surface area contributed by atoms with E-state index in [1.807, 2.05) is 12.2 Å². The van der Waals surface area contributed by atoms with Crippen molar-refractivity contribution in [3.63, 3.8) is 0 Å². The van der Waals surface area contributed by atoms with Gasteiger partial charge in [-0.3, -0.25) is 10.2 Å². The van der Waals surface area contributed by atoms with Crippen LogP contribution in [0, 0.1) is 5.41 Å². The van der Waals surface area contributed by atoms with Crippen LogP contribution in [0.2, 0.25) is 0 Å². The van der Waals surface area contributed by atoms with Crippen LogP contribution in [-0.4, -0.2) is 29.5 Å². The molecule has 0 aromatic carbocycles. The van der Waals surface area contributed by atoms with Crippen LogP contribution in [-0.2, 0) is 4.79 Å². The van der Waals surface area contributed by atoms with E-state index in [-0.39, 0.29) is 0 Å². The quantitative estimate of drug-likeness (QED) is 0.281. The first kappa shape index (κ1) is 12.6. The van der Waals surface area contributed by atoms with Crippen molar-refractivity contribution in [2.45, 2.75) is 25.8 Å². The van der Waals surface area contributed by atoms with E-state index in [1.165, 1.54) is 0 Å². The number of amidine groups is 1. The second-order valence-corrected chi connectivity index (χ2v) is 3.00. The second kappa shape index (κ2) is 7.08. The Balaban J connectivity index is 3.44. The number of aliphatic carboxylic acids is 1. The monoisotopic (exact) mass is 199 g/mol. The van der Waals surface area contributed by atoms with E-state index in [9.17, 15) is 4.79 Å². The molecule has 0 fully saturated rings. The van der Waals surface area contributed by atoms with Crippen molar-refractivity contribution in [3.05, 3.63) is 12.2 Å². The molecule has 0 amide bonds. The van der Waals surface area contributed by atoms with Gasteiger partial charge in [0, 0.05) is 6.54 Å². The summed E-state index contributed by atoms with van der Waals surface area (Å²) in [6.07, 6.45) is 4.80. The molecule has 0 saturated heterocycles. The van der Waals surface area contributed by atoms with Crippen LogP contribution in [0.15, 0.2) is 12.2 Å². The number of carboxylic acid groups (broad SMARTS) is 1. The number of nitrogens with one attached hydrogen (secondary N) is 2. The third-order valence-electron chi connectivity index (χ3n) is 1.61. The van der Waals surface area contributed by atoms with Crippen LogP contribution in [0.1, 0.15) is 19.8 Å². The van der Waals surface area contributed by atoms with Gasteiger partial charge in [0.05, 0.1) is 5.84 Å². The van der Waals surface area contributed by atoms with E-state index >= 15 is 0 Å². The summed E-state index contributed by atoms with van der Waals surface area (Å²) < 4.78 is 0. The summed E-state index contributed by atoms with van der Waals surface area (Å²) >= 11 is 0. The maximum absolute atomic E-state index is 10.3. The highest BCUT2D eigenvalue weighted by Crippen LogP contribution is 1.95. The van der Waals surface area contributed by atoms with E-state index in [0.29, 0.717) is 25.2 Å². The predicted molar refractivity (Wildman–Crippen MR) is 55.4 cm³/mol. The van der Waals surface area contributed by atoms with Gasteiger partial charge < -0.3 is 16.2 Å². The second-order valence-electron chi connectivity index (χ2n) is 3.00. The lowest BCUT2D eigenvalue weighted by molar-refractivity contribution is -0.138. The fraction of sp³-hybridized carbons (Fsp3) is 0.556. The van der Waals surface area contributed by atoms with Crippen LogP contribution in [0.4, 0.5) is 0 Å². The van der Waals surface area contributed by atoms with E-state index in [0.717, 1.165) is 0 Å². The standard InChI is InChI=1S/C9H17N3O2/c1-7(10)12-6-4-2-3-5-8(11)9(13)14/h2,4,8H,3,5-6,11H2,1H3,(H2,10,12)(H,13,14)/b4-2+/t8-/m0/s1. The molecule has 0 saturated carbocycles. The van der Waals surface area contributed by atoms with Crippen molar-refractivity contribution in [2.24, 2.45) is 5.73 Å². The van der Waals surface area contributed by atoms with Crippen LogP contribution in [0.5, 0.6) is 0 Å². The fourth-order valence-corrected chi connectivity index (χ4v) is 0.812. The SMILES string of the molecule is CC(=N)NC/C=C/CC[C@H](N)C(=O)O. The van der Waals surface area contributed by atoms with Crippen LogP contribution < -0.4 is 11.1 Å². The van der Waals surface area contributed by atoms with Crippen molar-refractivity contribution in [2.75, 3.05) is 6.54 Å². The van der Waals surface area contributed by atoms with Crippen molar-refractivity contribution >= 4 is 11.8 Å². The summed E-state index contributed by atoms with van der Waals surface area (Å²) in [5.41, 5.74) is 5.30. The Bertz CT molecular complexity index is 226. The summed E-state index contributed by atoms with van der Waals surface area (Å²) in [5, 5.41) is 18.3. The molecule has 0 bridgehead atoms. The first-order chi connectivity index (χ1) is 6.54. The summed E-state index contributed by atoms with van der Waals surface area (Å²) in [5.74, 6) is -0.552. The molecule has 0 aliphatic carbocycles. The number of carbonyl (C=O) groups is 1. The van der Waals surface area contributed by atoms with Gasteiger partial charge in [0.15, 0.2) is 0 Å². The molecule has 5 nitrogen and oxygen atoms in total. The van der Waals surface area contributed by atoms with E-state index < -0.39 is 12.0 Å². The molecule has 0 aliphatic rings. The van der Waals surface area contributed by atoms with Gasteiger partial charge >= 0.3 is 5.97 Å². The third-order valence-corrected chi connectivity index (χ3v) is 1.61. The average molecular weight is 199 g/mol. The Kier molecular flexibility index (Phi) is 6.39.